The summed E-state index contributed by atoms with van der Waals surface area (Å²) < 4.78 is 5.75. The number of carbonyl (C=O) groups excluding carboxylic acids is 1. The van der Waals surface area contributed by atoms with Crippen LogP contribution in [-0.4, -0.2) is 18.3 Å². The zero-order chi connectivity index (χ0) is 15.1. The Morgan fingerprint density at radius 1 is 1.14 bits per heavy atom. The number of hydrogen-bond acceptors (Lipinski definition) is 3. The maximum absolute atomic E-state index is 12.4. The maximum Gasteiger partial charge on any atom is 0.265 e. The monoisotopic (exact) mass is 301 g/mol. The number of hydrogen-bond donors (Lipinski definition) is 1. The second-order valence-corrected chi connectivity index (χ2v) is 5.37. The molecule has 0 saturated carbocycles. The molecule has 0 bridgehead atoms. The van der Waals surface area contributed by atoms with Gasteiger partial charge in [0.1, 0.15) is 5.75 Å². The van der Waals surface area contributed by atoms with Crippen LogP contribution < -0.4 is 10.1 Å². The van der Waals surface area contributed by atoms with Crippen molar-refractivity contribution in [2.75, 3.05) is 11.6 Å². The van der Waals surface area contributed by atoms with Gasteiger partial charge in [0.2, 0.25) is 0 Å². The van der Waals surface area contributed by atoms with Gasteiger partial charge >= 0.3 is 0 Å². The summed E-state index contributed by atoms with van der Waals surface area (Å²) in [4.78, 5) is 13.4. The Morgan fingerprint density at radius 2 is 1.81 bits per heavy atom. The zero-order valence-corrected chi connectivity index (χ0v) is 13.0. The molecule has 1 N–H and O–H groups in total. The van der Waals surface area contributed by atoms with Gasteiger partial charge in [-0.2, -0.15) is 0 Å². The van der Waals surface area contributed by atoms with Gasteiger partial charge < -0.3 is 10.1 Å². The van der Waals surface area contributed by atoms with Crippen molar-refractivity contribution >= 4 is 23.4 Å². The lowest BCUT2D eigenvalue weighted by atomic mass is 10.2. The third-order valence-corrected chi connectivity index (χ3v) is 3.85. The van der Waals surface area contributed by atoms with Gasteiger partial charge in [-0.3, -0.25) is 4.79 Å². The molecule has 0 saturated heterocycles. The van der Waals surface area contributed by atoms with Crippen LogP contribution in [0.4, 0.5) is 5.69 Å². The van der Waals surface area contributed by atoms with Crippen LogP contribution in [0.3, 0.4) is 0 Å². The molecule has 0 fully saturated rings. The second kappa shape index (κ2) is 7.74. The first kappa shape index (κ1) is 15.4. The highest BCUT2D eigenvalue weighted by Crippen LogP contribution is 2.25. The van der Waals surface area contributed by atoms with Crippen LogP contribution in [0.15, 0.2) is 59.5 Å². The van der Waals surface area contributed by atoms with E-state index in [0.29, 0.717) is 12.2 Å². The Hall–Kier alpha value is -1.94. The van der Waals surface area contributed by atoms with Crippen molar-refractivity contribution in [1.29, 1.82) is 0 Å². The fourth-order valence-corrected chi connectivity index (χ4v) is 2.50. The van der Waals surface area contributed by atoms with E-state index in [1.807, 2.05) is 67.8 Å². The minimum absolute atomic E-state index is 0.122. The number of para-hydroxylation sites is 2. The maximum atomic E-state index is 12.4. The lowest BCUT2D eigenvalue weighted by Gasteiger charge is -2.18. The number of thioether (sulfide) groups is 1. The van der Waals surface area contributed by atoms with Crippen molar-refractivity contribution in [3.05, 3.63) is 54.6 Å². The fourth-order valence-electron chi connectivity index (χ4n) is 1.95. The molecule has 1 amide bonds. The molecule has 0 aliphatic carbocycles. The van der Waals surface area contributed by atoms with Gasteiger partial charge in [0.15, 0.2) is 6.10 Å². The third-order valence-electron chi connectivity index (χ3n) is 3.05. The van der Waals surface area contributed by atoms with Crippen molar-refractivity contribution in [1.82, 2.24) is 0 Å². The number of benzene rings is 2. The summed E-state index contributed by atoms with van der Waals surface area (Å²) in [5.74, 6) is 0.584. The number of ether oxygens (including phenoxy) is 1. The normalized spacial score (nSPS) is 11.7. The summed E-state index contributed by atoms with van der Waals surface area (Å²) in [5.41, 5.74) is 0.824. The van der Waals surface area contributed by atoms with Gasteiger partial charge in [0.25, 0.3) is 5.91 Å². The zero-order valence-electron chi connectivity index (χ0n) is 12.2. The van der Waals surface area contributed by atoms with Crippen molar-refractivity contribution in [3.8, 4) is 5.75 Å². The summed E-state index contributed by atoms with van der Waals surface area (Å²) in [6, 6.07) is 17.2. The lowest BCUT2D eigenvalue weighted by Crippen LogP contribution is -2.32. The second-order valence-electron chi connectivity index (χ2n) is 4.52. The van der Waals surface area contributed by atoms with E-state index in [-0.39, 0.29) is 5.91 Å². The Bertz CT molecular complexity index is 586. The van der Waals surface area contributed by atoms with Crippen LogP contribution in [0.5, 0.6) is 5.75 Å². The molecule has 4 heteroatoms. The van der Waals surface area contributed by atoms with E-state index in [9.17, 15) is 4.79 Å². The van der Waals surface area contributed by atoms with E-state index >= 15 is 0 Å². The first-order chi connectivity index (χ1) is 10.2. The lowest BCUT2D eigenvalue weighted by molar-refractivity contribution is -0.122. The van der Waals surface area contributed by atoms with Gasteiger partial charge in [-0.15, -0.1) is 11.8 Å². The van der Waals surface area contributed by atoms with Crippen LogP contribution in [0.2, 0.25) is 0 Å². The summed E-state index contributed by atoms with van der Waals surface area (Å²) in [5, 5.41) is 2.95. The minimum atomic E-state index is -0.498. The molecule has 0 unspecified atom stereocenters. The van der Waals surface area contributed by atoms with Crippen molar-refractivity contribution in [2.24, 2.45) is 0 Å². The average molecular weight is 301 g/mol. The molecule has 110 valence electrons. The number of anilines is 1. The molecule has 0 aromatic heterocycles. The fraction of sp³-hybridized carbons (Fsp3) is 0.235. The summed E-state index contributed by atoms with van der Waals surface area (Å²) >= 11 is 1.61. The van der Waals surface area contributed by atoms with Gasteiger partial charge in [0.05, 0.1) is 5.69 Å². The molecule has 21 heavy (non-hydrogen) atoms. The highest BCUT2D eigenvalue weighted by atomic mass is 32.2. The van der Waals surface area contributed by atoms with E-state index < -0.39 is 6.10 Å². The molecular weight excluding hydrogens is 282 g/mol. The summed E-state index contributed by atoms with van der Waals surface area (Å²) in [6.45, 7) is 1.94. The molecule has 0 aliphatic heterocycles. The molecule has 2 rings (SSSR count). The molecule has 3 nitrogen and oxygen atoms in total. The van der Waals surface area contributed by atoms with Crippen molar-refractivity contribution in [3.63, 3.8) is 0 Å². The predicted molar refractivity (Wildman–Crippen MR) is 88.0 cm³/mol. The van der Waals surface area contributed by atoms with Crippen molar-refractivity contribution in [2.45, 2.75) is 24.3 Å². The molecule has 1 atom stereocenters. The van der Waals surface area contributed by atoms with Gasteiger partial charge in [-0.05, 0) is 36.9 Å². The van der Waals surface area contributed by atoms with Gasteiger partial charge in [0, 0.05) is 4.90 Å². The number of amides is 1. The average Bonchev–Trinajstić information content (AvgIpc) is 2.54. The topological polar surface area (TPSA) is 38.3 Å². The van der Waals surface area contributed by atoms with E-state index in [2.05, 4.69) is 5.32 Å². The first-order valence-corrected chi connectivity index (χ1v) is 8.12. The molecule has 2 aromatic carbocycles. The summed E-state index contributed by atoms with van der Waals surface area (Å²) in [6.07, 6.45) is 2.10. The number of rotatable bonds is 6. The van der Waals surface area contributed by atoms with Crippen molar-refractivity contribution < 1.29 is 9.53 Å². The summed E-state index contributed by atoms with van der Waals surface area (Å²) in [7, 11) is 0. The first-order valence-electron chi connectivity index (χ1n) is 6.90. The predicted octanol–water partition coefficient (Wildman–Crippen LogP) is 4.20. The van der Waals surface area contributed by atoms with E-state index in [4.69, 9.17) is 4.74 Å². The Balaban J connectivity index is 2.06. The van der Waals surface area contributed by atoms with Crippen LogP contribution in [-0.2, 0) is 4.79 Å². The van der Waals surface area contributed by atoms with E-state index in [1.165, 1.54) is 0 Å². The quantitative estimate of drug-likeness (QED) is 0.812. The smallest absolute Gasteiger partial charge is 0.265 e. The number of nitrogens with one attached hydrogen (secondary N) is 1. The minimum Gasteiger partial charge on any atom is -0.481 e. The SMILES string of the molecule is CC[C@@H](Oc1ccccc1)C(=O)Nc1ccccc1SC. The molecule has 0 aliphatic rings. The number of carbonyl (C=O) groups is 1. The van der Waals surface area contributed by atoms with Crippen LogP contribution in [0, 0.1) is 0 Å². The molecule has 2 aromatic rings. The largest absolute Gasteiger partial charge is 0.481 e. The van der Waals surface area contributed by atoms with Gasteiger partial charge in [-0.1, -0.05) is 37.3 Å². The van der Waals surface area contributed by atoms with Crippen LogP contribution in [0.25, 0.3) is 0 Å². The highest BCUT2D eigenvalue weighted by Gasteiger charge is 2.19. The van der Waals surface area contributed by atoms with Crippen LogP contribution in [0.1, 0.15) is 13.3 Å². The highest BCUT2D eigenvalue weighted by molar-refractivity contribution is 7.98. The molecule has 0 radical (unpaired) electrons. The van der Waals surface area contributed by atoms with E-state index in [1.54, 1.807) is 11.8 Å². The Kier molecular flexibility index (Phi) is 5.69. The standard InChI is InChI=1S/C17H19NO2S/c1-3-15(20-13-9-5-4-6-10-13)17(19)18-14-11-7-8-12-16(14)21-2/h4-12,15H,3H2,1-2H3,(H,18,19)/t15-/m1/s1. The third kappa shape index (κ3) is 4.26. The molecule has 0 spiro atoms. The van der Waals surface area contributed by atoms with Gasteiger partial charge in [-0.25, -0.2) is 0 Å². The Morgan fingerprint density at radius 3 is 2.48 bits per heavy atom. The molecule has 0 heterocycles. The molecular formula is C17H19NO2S. The Labute approximate surface area is 129 Å². The van der Waals surface area contributed by atoms with E-state index in [0.717, 1.165) is 10.6 Å². The van der Waals surface area contributed by atoms with Crippen LogP contribution >= 0.6 is 11.8 Å².